The van der Waals surface area contributed by atoms with Gasteiger partial charge in [0, 0.05) is 30.9 Å². The molecule has 1 aliphatic rings. The van der Waals surface area contributed by atoms with E-state index in [1.165, 1.54) is 5.56 Å². The van der Waals surface area contributed by atoms with Crippen LogP contribution in [0.1, 0.15) is 65.5 Å². The molecule has 7 nitrogen and oxygen atoms in total. The molecule has 1 amide bonds. The lowest BCUT2D eigenvalue weighted by Crippen LogP contribution is -2.26. The fourth-order valence-electron chi connectivity index (χ4n) is 4.56. The Hall–Kier alpha value is -3.58. The summed E-state index contributed by atoms with van der Waals surface area (Å²) in [6.07, 6.45) is 3.95. The highest BCUT2D eigenvalue weighted by atomic mass is 16.1. The van der Waals surface area contributed by atoms with Crippen molar-refractivity contribution in [2.24, 2.45) is 0 Å². The SMILES string of the molecule is CCN(CC)Cc1ccccc1CNC(=O)c1cc(C2CC2)nc2c1c(C)nn2-c1ccccn1. The van der Waals surface area contributed by atoms with Crippen molar-refractivity contribution in [1.29, 1.82) is 0 Å². The molecule has 4 aromatic rings. The number of amides is 1. The zero-order valence-electron chi connectivity index (χ0n) is 20.7. The predicted octanol–water partition coefficient (Wildman–Crippen LogP) is 4.77. The summed E-state index contributed by atoms with van der Waals surface area (Å²) in [6.45, 7) is 9.62. The van der Waals surface area contributed by atoms with Crippen LogP contribution in [0.5, 0.6) is 0 Å². The van der Waals surface area contributed by atoms with Crippen LogP contribution in [0.25, 0.3) is 16.9 Å². The maximum Gasteiger partial charge on any atom is 0.252 e. The number of benzene rings is 1. The van der Waals surface area contributed by atoms with Crippen molar-refractivity contribution in [3.63, 3.8) is 0 Å². The second-order valence-corrected chi connectivity index (χ2v) is 9.17. The molecule has 1 aromatic carbocycles. The lowest BCUT2D eigenvalue weighted by molar-refractivity contribution is 0.0952. The van der Waals surface area contributed by atoms with Gasteiger partial charge in [-0.2, -0.15) is 9.78 Å². The van der Waals surface area contributed by atoms with Gasteiger partial charge in [0.05, 0.1) is 16.6 Å². The van der Waals surface area contributed by atoms with E-state index in [4.69, 9.17) is 10.1 Å². The van der Waals surface area contributed by atoms with E-state index in [1.807, 2.05) is 37.3 Å². The number of aromatic nitrogens is 4. The highest BCUT2D eigenvalue weighted by Gasteiger charge is 2.29. The minimum atomic E-state index is -0.0967. The van der Waals surface area contributed by atoms with Crippen LogP contribution in [0.2, 0.25) is 0 Å². The first-order chi connectivity index (χ1) is 17.1. The first-order valence-electron chi connectivity index (χ1n) is 12.5. The van der Waals surface area contributed by atoms with Crippen molar-refractivity contribution < 1.29 is 4.79 Å². The standard InChI is InChI=1S/C28H32N6O/c1-4-33(5-2)18-22-11-7-6-10-21(22)17-30-28(35)23-16-24(20-13-14-20)31-27-26(23)19(3)32-34(27)25-12-8-9-15-29-25/h6-12,15-16,20H,4-5,13-14,17-18H2,1-3H3,(H,30,35). The van der Waals surface area contributed by atoms with Gasteiger partial charge in [-0.3, -0.25) is 9.69 Å². The quantitative estimate of drug-likeness (QED) is 0.383. The number of fused-ring (bicyclic) bond motifs is 1. The predicted molar refractivity (Wildman–Crippen MR) is 138 cm³/mol. The van der Waals surface area contributed by atoms with Gasteiger partial charge in [-0.05, 0) is 62.2 Å². The molecule has 0 spiro atoms. The summed E-state index contributed by atoms with van der Waals surface area (Å²) in [5.41, 5.74) is 5.44. The van der Waals surface area contributed by atoms with Crippen LogP contribution in [0.3, 0.4) is 0 Å². The summed E-state index contributed by atoms with van der Waals surface area (Å²) in [5.74, 6) is 1.01. The number of rotatable bonds is 9. The Balaban J connectivity index is 1.48. The molecule has 1 fully saturated rings. The number of carbonyl (C=O) groups is 1. The molecule has 7 heteroatoms. The maximum atomic E-state index is 13.6. The largest absolute Gasteiger partial charge is 0.348 e. The zero-order chi connectivity index (χ0) is 24.4. The molecule has 180 valence electrons. The summed E-state index contributed by atoms with van der Waals surface area (Å²) < 4.78 is 1.76. The van der Waals surface area contributed by atoms with Crippen LogP contribution in [0.4, 0.5) is 0 Å². The molecule has 35 heavy (non-hydrogen) atoms. The molecule has 0 bridgehead atoms. The number of nitrogens with zero attached hydrogens (tertiary/aromatic N) is 5. The van der Waals surface area contributed by atoms with E-state index in [0.29, 0.717) is 29.5 Å². The Kier molecular flexibility index (Phi) is 6.59. The third-order valence-corrected chi connectivity index (χ3v) is 6.79. The highest BCUT2D eigenvalue weighted by Crippen LogP contribution is 2.40. The number of pyridine rings is 2. The van der Waals surface area contributed by atoms with E-state index in [9.17, 15) is 4.79 Å². The number of hydrogen-bond donors (Lipinski definition) is 1. The van der Waals surface area contributed by atoms with Gasteiger partial charge in [0.1, 0.15) is 0 Å². The molecule has 0 atom stereocenters. The van der Waals surface area contributed by atoms with Gasteiger partial charge in [0.15, 0.2) is 11.5 Å². The summed E-state index contributed by atoms with van der Waals surface area (Å²) >= 11 is 0. The van der Waals surface area contributed by atoms with Gasteiger partial charge >= 0.3 is 0 Å². The number of hydrogen-bond acceptors (Lipinski definition) is 5. The Bertz CT molecular complexity index is 1340. The average Bonchev–Trinajstić information content (AvgIpc) is 3.70. The first-order valence-corrected chi connectivity index (χ1v) is 12.5. The molecule has 0 saturated heterocycles. The van der Waals surface area contributed by atoms with Crippen LogP contribution < -0.4 is 5.32 Å². The Morgan fingerprint density at radius 1 is 1.09 bits per heavy atom. The molecule has 1 saturated carbocycles. The van der Waals surface area contributed by atoms with E-state index < -0.39 is 0 Å². The molecule has 0 aliphatic heterocycles. The molecule has 0 unspecified atom stereocenters. The number of aryl methyl sites for hydroxylation is 1. The lowest BCUT2D eigenvalue weighted by Gasteiger charge is -2.20. The second-order valence-electron chi connectivity index (χ2n) is 9.17. The van der Waals surface area contributed by atoms with E-state index in [-0.39, 0.29) is 5.91 Å². The normalized spacial score (nSPS) is 13.5. The van der Waals surface area contributed by atoms with Crippen LogP contribution in [-0.2, 0) is 13.1 Å². The Morgan fingerprint density at radius 2 is 1.83 bits per heavy atom. The topological polar surface area (TPSA) is 75.9 Å². The Labute approximate surface area is 206 Å². The minimum absolute atomic E-state index is 0.0967. The van der Waals surface area contributed by atoms with Gasteiger partial charge in [0.2, 0.25) is 0 Å². The molecule has 1 aliphatic carbocycles. The van der Waals surface area contributed by atoms with Crippen molar-refractivity contribution in [3.05, 3.63) is 82.8 Å². The van der Waals surface area contributed by atoms with E-state index in [2.05, 4.69) is 47.2 Å². The Morgan fingerprint density at radius 3 is 2.51 bits per heavy atom. The van der Waals surface area contributed by atoms with Crippen molar-refractivity contribution >= 4 is 16.9 Å². The van der Waals surface area contributed by atoms with Crippen molar-refractivity contribution in [1.82, 2.24) is 30.0 Å². The molecule has 5 rings (SSSR count). The molecule has 0 radical (unpaired) electrons. The number of nitrogens with one attached hydrogen (secondary N) is 1. The van der Waals surface area contributed by atoms with Gasteiger partial charge in [-0.15, -0.1) is 0 Å². The summed E-state index contributed by atoms with van der Waals surface area (Å²) in [6, 6.07) is 16.0. The highest BCUT2D eigenvalue weighted by molar-refractivity contribution is 6.06. The summed E-state index contributed by atoms with van der Waals surface area (Å²) in [5, 5.41) is 8.68. The van der Waals surface area contributed by atoms with Crippen molar-refractivity contribution in [3.8, 4) is 5.82 Å². The van der Waals surface area contributed by atoms with Crippen LogP contribution in [0.15, 0.2) is 54.7 Å². The van der Waals surface area contributed by atoms with Crippen LogP contribution >= 0.6 is 0 Å². The van der Waals surface area contributed by atoms with Crippen molar-refractivity contribution in [2.45, 2.75) is 52.6 Å². The van der Waals surface area contributed by atoms with Gasteiger partial charge in [-0.1, -0.05) is 44.2 Å². The molecular formula is C28H32N6O. The van der Waals surface area contributed by atoms with E-state index >= 15 is 0 Å². The summed E-state index contributed by atoms with van der Waals surface area (Å²) in [4.78, 5) is 25.3. The van der Waals surface area contributed by atoms with Crippen LogP contribution in [0, 0.1) is 6.92 Å². The first kappa shape index (κ1) is 23.2. The summed E-state index contributed by atoms with van der Waals surface area (Å²) in [7, 11) is 0. The second kappa shape index (κ2) is 9.96. The fraction of sp³-hybridized carbons (Fsp3) is 0.357. The van der Waals surface area contributed by atoms with Crippen LogP contribution in [-0.4, -0.2) is 43.6 Å². The number of carbonyl (C=O) groups excluding carboxylic acids is 1. The minimum Gasteiger partial charge on any atom is -0.348 e. The maximum absolute atomic E-state index is 13.6. The average molecular weight is 469 g/mol. The van der Waals surface area contributed by atoms with E-state index in [1.54, 1.807) is 10.9 Å². The molecule has 1 N–H and O–H groups in total. The van der Waals surface area contributed by atoms with E-state index in [0.717, 1.165) is 54.8 Å². The monoisotopic (exact) mass is 468 g/mol. The zero-order valence-corrected chi connectivity index (χ0v) is 20.7. The fourth-order valence-corrected chi connectivity index (χ4v) is 4.56. The lowest BCUT2D eigenvalue weighted by atomic mass is 10.1. The molecular weight excluding hydrogens is 436 g/mol. The third-order valence-electron chi connectivity index (χ3n) is 6.79. The van der Waals surface area contributed by atoms with Gasteiger partial charge in [0.25, 0.3) is 5.91 Å². The van der Waals surface area contributed by atoms with Gasteiger partial charge in [-0.25, -0.2) is 9.97 Å². The molecule has 3 heterocycles. The molecule has 3 aromatic heterocycles. The smallest absolute Gasteiger partial charge is 0.252 e. The van der Waals surface area contributed by atoms with Crippen molar-refractivity contribution in [2.75, 3.05) is 13.1 Å². The third kappa shape index (κ3) is 4.82. The van der Waals surface area contributed by atoms with Gasteiger partial charge < -0.3 is 5.32 Å².